The van der Waals surface area contributed by atoms with E-state index in [1.54, 1.807) is 7.05 Å². The predicted molar refractivity (Wildman–Crippen MR) is 68.6 cm³/mol. The van der Waals surface area contributed by atoms with Crippen LogP contribution in [0, 0.1) is 0 Å². The number of likely N-dealkylation sites (N-methyl/N-ethyl adjacent to an activating group) is 1. The number of nitrogens with zero attached hydrogens (tertiary/aromatic N) is 1. The molecule has 0 aromatic carbocycles. The normalized spacial score (nSPS) is 12.9. The van der Waals surface area contributed by atoms with Crippen LogP contribution in [0.2, 0.25) is 0 Å². The quantitative estimate of drug-likeness (QED) is 0.580. The van der Waals surface area contributed by atoms with Gasteiger partial charge in [0.2, 0.25) is 11.8 Å². The first-order chi connectivity index (χ1) is 8.17. The van der Waals surface area contributed by atoms with Gasteiger partial charge in [-0.25, -0.2) is 8.42 Å². The third-order valence-corrected chi connectivity index (χ3v) is 3.43. The highest BCUT2D eigenvalue weighted by molar-refractivity contribution is 7.90. The van der Waals surface area contributed by atoms with Crippen LogP contribution in [-0.4, -0.2) is 63.3 Å². The van der Waals surface area contributed by atoms with Gasteiger partial charge in [-0.1, -0.05) is 0 Å². The molecule has 1 unspecified atom stereocenters. The Kier molecular flexibility index (Phi) is 6.85. The number of rotatable bonds is 7. The predicted octanol–water partition coefficient (Wildman–Crippen LogP) is -1.66. The number of carbonyl (C=O) groups excluding carboxylic acids is 2. The molecule has 0 aliphatic heterocycles. The van der Waals surface area contributed by atoms with Crippen molar-refractivity contribution in [1.29, 1.82) is 0 Å². The highest BCUT2D eigenvalue weighted by atomic mass is 32.2. The van der Waals surface area contributed by atoms with E-state index in [1.165, 1.54) is 4.90 Å². The van der Waals surface area contributed by atoms with E-state index in [9.17, 15) is 18.0 Å². The van der Waals surface area contributed by atoms with Gasteiger partial charge in [-0.15, -0.1) is 0 Å². The van der Waals surface area contributed by atoms with Gasteiger partial charge in [-0.2, -0.15) is 0 Å². The van der Waals surface area contributed by atoms with Gasteiger partial charge in [-0.3, -0.25) is 9.59 Å². The van der Waals surface area contributed by atoms with Gasteiger partial charge in [-0.05, 0) is 13.3 Å². The number of nitrogens with two attached hydrogens (primary N) is 1. The summed E-state index contributed by atoms with van der Waals surface area (Å²) in [5.74, 6) is -0.887. The summed E-state index contributed by atoms with van der Waals surface area (Å²) in [5.41, 5.74) is 5.52. The van der Waals surface area contributed by atoms with E-state index in [0.717, 1.165) is 6.26 Å². The average Bonchev–Trinajstić information content (AvgIpc) is 2.30. The number of nitrogens with one attached hydrogen (secondary N) is 1. The minimum Gasteiger partial charge on any atom is -0.346 e. The zero-order valence-electron chi connectivity index (χ0n) is 11.0. The van der Waals surface area contributed by atoms with Crippen molar-refractivity contribution in [3.05, 3.63) is 0 Å². The van der Waals surface area contributed by atoms with Crippen molar-refractivity contribution < 1.29 is 18.0 Å². The zero-order valence-corrected chi connectivity index (χ0v) is 11.8. The van der Waals surface area contributed by atoms with Crippen LogP contribution in [0.3, 0.4) is 0 Å². The summed E-state index contributed by atoms with van der Waals surface area (Å²) in [6.07, 6.45) is 1.12. The molecule has 0 spiro atoms. The largest absolute Gasteiger partial charge is 0.346 e. The maximum atomic E-state index is 11.5. The minimum absolute atomic E-state index is 0.0441. The van der Waals surface area contributed by atoms with E-state index in [1.807, 2.05) is 6.92 Å². The standard InChI is InChI=1S/C10H21N3O4S/c1-4-13(2)9(14)7-12-10(15)8(11)5-6-18(3,16)17/h8H,4-7,11H2,1-3H3,(H,12,15). The molecule has 106 valence electrons. The molecular formula is C10H21N3O4S. The summed E-state index contributed by atoms with van der Waals surface area (Å²) in [6.45, 7) is 2.24. The molecule has 8 heteroatoms. The minimum atomic E-state index is -3.14. The van der Waals surface area contributed by atoms with Gasteiger partial charge < -0.3 is 16.0 Å². The van der Waals surface area contributed by atoms with Crippen LogP contribution in [0.1, 0.15) is 13.3 Å². The fourth-order valence-electron chi connectivity index (χ4n) is 1.08. The van der Waals surface area contributed by atoms with Gasteiger partial charge in [0.15, 0.2) is 0 Å². The SMILES string of the molecule is CCN(C)C(=O)CNC(=O)C(N)CCS(C)(=O)=O. The van der Waals surface area contributed by atoms with Crippen molar-refractivity contribution in [3.63, 3.8) is 0 Å². The second kappa shape index (κ2) is 7.32. The molecule has 0 bridgehead atoms. The maximum absolute atomic E-state index is 11.5. The summed E-state index contributed by atoms with van der Waals surface area (Å²) in [6, 6.07) is -0.917. The smallest absolute Gasteiger partial charge is 0.241 e. The Morgan fingerprint density at radius 1 is 1.39 bits per heavy atom. The Morgan fingerprint density at radius 3 is 2.39 bits per heavy atom. The number of sulfone groups is 1. The third kappa shape index (κ3) is 7.23. The maximum Gasteiger partial charge on any atom is 0.241 e. The van der Waals surface area contributed by atoms with Crippen molar-refractivity contribution in [2.45, 2.75) is 19.4 Å². The Balaban J connectivity index is 4.06. The molecular weight excluding hydrogens is 258 g/mol. The van der Waals surface area contributed by atoms with E-state index in [2.05, 4.69) is 5.32 Å². The van der Waals surface area contributed by atoms with Crippen molar-refractivity contribution in [2.75, 3.05) is 32.1 Å². The van der Waals surface area contributed by atoms with Crippen LogP contribution in [-0.2, 0) is 19.4 Å². The summed E-state index contributed by atoms with van der Waals surface area (Å²) >= 11 is 0. The van der Waals surface area contributed by atoms with E-state index in [4.69, 9.17) is 5.73 Å². The monoisotopic (exact) mass is 279 g/mol. The molecule has 0 saturated heterocycles. The molecule has 7 nitrogen and oxygen atoms in total. The average molecular weight is 279 g/mol. The first kappa shape index (κ1) is 16.9. The molecule has 18 heavy (non-hydrogen) atoms. The van der Waals surface area contributed by atoms with Gasteiger partial charge in [0.05, 0.1) is 18.3 Å². The van der Waals surface area contributed by atoms with E-state index in [-0.39, 0.29) is 24.6 Å². The van der Waals surface area contributed by atoms with Crippen LogP contribution in [0.15, 0.2) is 0 Å². The Morgan fingerprint density at radius 2 is 1.94 bits per heavy atom. The van der Waals surface area contributed by atoms with E-state index < -0.39 is 21.8 Å². The molecule has 0 saturated carbocycles. The third-order valence-electron chi connectivity index (χ3n) is 2.45. The first-order valence-corrected chi connectivity index (χ1v) is 7.68. The Hall–Kier alpha value is -1.15. The van der Waals surface area contributed by atoms with Crippen molar-refractivity contribution >= 4 is 21.7 Å². The van der Waals surface area contributed by atoms with Gasteiger partial charge in [0.25, 0.3) is 0 Å². The van der Waals surface area contributed by atoms with Gasteiger partial charge >= 0.3 is 0 Å². The summed E-state index contributed by atoms with van der Waals surface area (Å²) in [4.78, 5) is 24.3. The molecule has 3 N–H and O–H groups in total. The van der Waals surface area contributed by atoms with Crippen LogP contribution < -0.4 is 11.1 Å². The molecule has 0 rings (SSSR count). The fourth-order valence-corrected chi connectivity index (χ4v) is 1.76. The molecule has 0 aliphatic rings. The fraction of sp³-hybridized carbons (Fsp3) is 0.800. The molecule has 1 atom stereocenters. The van der Waals surface area contributed by atoms with E-state index >= 15 is 0 Å². The van der Waals surface area contributed by atoms with E-state index in [0.29, 0.717) is 6.54 Å². The van der Waals surface area contributed by atoms with Crippen molar-refractivity contribution in [3.8, 4) is 0 Å². The number of hydrogen-bond acceptors (Lipinski definition) is 5. The highest BCUT2D eigenvalue weighted by Crippen LogP contribution is 1.94. The van der Waals surface area contributed by atoms with Gasteiger partial charge in [0.1, 0.15) is 9.84 Å². The summed E-state index contributed by atoms with van der Waals surface area (Å²) < 4.78 is 21.8. The molecule has 0 aliphatic carbocycles. The number of carbonyl (C=O) groups is 2. The molecule has 2 amide bonds. The lowest BCUT2D eigenvalue weighted by molar-refractivity contribution is -0.132. The summed E-state index contributed by atoms with van der Waals surface area (Å²) in [7, 11) is -1.51. The number of amides is 2. The number of hydrogen-bond donors (Lipinski definition) is 2. The second-order valence-corrected chi connectivity index (χ2v) is 6.41. The molecule has 0 aromatic heterocycles. The van der Waals surface area contributed by atoms with Crippen molar-refractivity contribution in [1.82, 2.24) is 10.2 Å². The molecule has 0 aromatic rings. The lowest BCUT2D eigenvalue weighted by Gasteiger charge is -2.16. The lowest BCUT2D eigenvalue weighted by Crippen LogP contribution is -2.45. The summed E-state index contributed by atoms with van der Waals surface area (Å²) in [5, 5.41) is 2.38. The van der Waals surface area contributed by atoms with Crippen LogP contribution >= 0.6 is 0 Å². The molecule has 0 radical (unpaired) electrons. The lowest BCUT2D eigenvalue weighted by atomic mass is 10.2. The zero-order chi connectivity index (χ0) is 14.3. The second-order valence-electron chi connectivity index (χ2n) is 4.15. The van der Waals surface area contributed by atoms with Crippen LogP contribution in [0.5, 0.6) is 0 Å². The topological polar surface area (TPSA) is 110 Å². The van der Waals surface area contributed by atoms with Crippen molar-refractivity contribution in [2.24, 2.45) is 5.73 Å². The highest BCUT2D eigenvalue weighted by Gasteiger charge is 2.17. The Bertz CT molecular complexity index is 394. The van der Waals surface area contributed by atoms with Gasteiger partial charge in [0, 0.05) is 19.8 Å². The molecule has 0 heterocycles. The van der Waals surface area contributed by atoms with Crippen LogP contribution in [0.25, 0.3) is 0 Å². The Labute approximate surface area is 108 Å². The molecule has 0 fully saturated rings. The van der Waals surface area contributed by atoms with Crippen LogP contribution in [0.4, 0.5) is 0 Å². The first-order valence-electron chi connectivity index (χ1n) is 5.62.